The average Bonchev–Trinajstić information content (AvgIpc) is 1.90. The Morgan fingerprint density at radius 1 is 1.44 bits per heavy atom. The average molecular weight is 121 g/mol. The van der Waals surface area contributed by atoms with Crippen LogP contribution < -0.4 is 6.15 Å². The SMILES string of the molecule is CCc1ccccn1.[N]. The van der Waals surface area contributed by atoms with Gasteiger partial charge in [-0.1, -0.05) is 13.0 Å². The number of aromatic nitrogens is 1. The number of hydrogen-bond acceptors (Lipinski definition) is 1. The molecule has 0 N–H and O–H groups in total. The van der Waals surface area contributed by atoms with E-state index < -0.39 is 0 Å². The molecule has 0 aromatic carbocycles. The first-order valence-corrected chi connectivity index (χ1v) is 2.83. The van der Waals surface area contributed by atoms with Crippen LogP contribution in [0.1, 0.15) is 12.6 Å². The Hall–Kier alpha value is -0.890. The third-order valence-corrected chi connectivity index (χ3v) is 1.09. The second kappa shape index (κ2) is 4.04. The molecule has 1 heterocycles. The fourth-order valence-corrected chi connectivity index (χ4v) is 0.607. The van der Waals surface area contributed by atoms with Crippen molar-refractivity contribution in [2.75, 3.05) is 0 Å². The highest BCUT2D eigenvalue weighted by molar-refractivity contribution is 5.02. The van der Waals surface area contributed by atoms with Gasteiger partial charge in [0.15, 0.2) is 0 Å². The van der Waals surface area contributed by atoms with Crippen molar-refractivity contribution in [3.63, 3.8) is 0 Å². The molecule has 0 atom stereocenters. The third-order valence-electron chi connectivity index (χ3n) is 1.09. The summed E-state index contributed by atoms with van der Waals surface area (Å²) in [5.74, 6) is 0. The summed E-state index contributed by atoms with van der Waals surface area (Å²) in [6.07, 6.45) is 2.85. The minimum absolute atomic E-state index is 0. The van der Waals surface area contributed by atoms with Gasteiger partial charge in [0, 0.05) is 18.0 Å². The summed E-state index contributed by atoms with van der Waals surface area (Å²) in [4.78, 5) is 4.10. The van der Waals surface area contributed by atoms with Gasteiger partial charge in [-0.05, 0) is 18.6 Å². The van der Waals surface area contributed by atoms with Crippen molar-refractivity contribution in [1.82, 2.24) is 11.1 Å². The van der Waals surface area contributed by atoms with Crippen molar-refractivity contribution in [3.05, 3.63) is 30.1 Å². The molecule has 0 saturated carbocycles. The third kappa shape index (κ3) is 2.24. The fourth-order valence-electron chi connectivity index (χ4n) is 0.607. The molecule has 2 heteroatoms. The monoisotopic (exact) mass is 121 g/mol. The highest BCUT2D eigenvalue weighted by atomic mass is 14.6. The van der Waals surface area contributed by atoms with Crippen LogP contribution in [-0.2, 0) is 6.42 Å². The Balaban J connectivity index is 0.000000640. The van der Waals surface area contributed by atoms with Gasteiger partial charge < -0.3 is 0 Å². The zero-order valence-electron chi connectivity index (χ0n) is 5.41. The zero-order valence-corrected chi connectivity index (χ0v) is 5.41. The van der Waals surface area contributed by atoms with Crippen LogP contribution in [0.4, 0.5) is 0 Å². The molecule has 0 saturated heterocycles. The maximum atomic E-state index is 4.10. The molecule has 0 fully saturated rings. The molecule has 0 bridgehead atoms. The Morgan fingerprint density at radius 2 is 2.22 bits per heavy atom. The first kappa shape index (κ1) is 8.11. The van der Waals surface area contributed by atoms with E-state index in [4.69, 9.17) is 0 Å². The second-order valence-electron chi connectivity index (χ2n) is 1.67. The standard InChI is InChI=1S/C7H9N.N/c1-2-7-5-3-4-6-8-7;/h3-6H,2H2,1H3;. The summed E-state index contributed by atoms with van der Waals surface area (Å²) in [7, 11) is 0. The molecule has 1 rings (SSSR count). The smallest absolute Gasteiger partial charge is 0.0400 e. The molecule has 0 aliphatic rings. The lowest BCUT2D eigenvalue weighted by Crippen LogP contribution is -1.81. The van der Waals surface area contributed by atoms with Crippen molar-refractivity contribution in [2.24, 2.45) is 0 Å². The maximum Gasteiger partial charge on any atom is 0.0400 e. The molecule has 0 aliphatic carbocycles. The highest BCUT2D eigenvalue weighted by Gasteiger charge is 1.81. The van der Waals surface area contributed by atoms with Gasteiger partial charge in [0.1, 0.15) is 0 Å². The molecule has 47 valence electrons. The van der Waals surface area contributed by atoms with Crippen LogP contribution in [0.3, 0.4) is 0 Å². The first-order valence-electron chi connectivity index (χ1n) is 2.83. The lowest BCUT2D eigenvalue weighted by atomic mass is 10.3. The van der Waals surface area contributed by atoms with Gasteiger partial charge in [-0.2, -0.15) is 0 Å². The van der Waals surface area contributed by atoms with Crippen LogP contribution in [0.5, 0.6) is 0 Å². The largest absolute Gasteiger partial charge is 0.261 e. The van der Waals surface area contributed by atoms with Gasteiger partial charge in [-0.25, -0.2) is 0 Å². The zero-order chi connectivity index (χ0) is 5.82. The van der Waals surface area contributed by atoms with Crippen molar-refractivity contribution in [2.45, 2.75) is 13.3 Å². The minimum atomic E-state index is 0. The van der Waals surface area contributed by atoms with Crippen LogP contribution in [-0.4, -0.2) is 4.98 Å². The van der Waals surface area contributed by atoms with Gasteiger partial charge in [0.05, 0.1) is 0 Å². The molecule has 0 spiro atoms. The Kier molecular flexibility index (Phi) is 3.64. The second-order valence-corrected chi connectivity index (χ2v) is 1.67. The van der Waals surface area contributed by atoms with E-state index in [0.29, 0.717) is 0 Å². The molecule has 0 aliphatic heterocycles. The summed E-state index contributed by atoms with van der Waals surface area (Å²) < 4.78 is 0. The normalized spacial score (nSPS) is 8.11. The minimum Gasteiger partial charge on any atom is -0.261 e. The number of rotatable bonds is 1. The highest BCUT2D eigenvalue weighted by Crippen LogP contribution is 1.91. The number of pyridine rings is 1. The predicted octanol–water partition coefficient (Wildman–Crippen LogP) is 1.16. The van der Waals surface area contributed by atoms with Gasteiger partial charge >= 0.3 is 0 Å². The lowest BCUT2D eigenvalue weighted by Gasteiger charge is -1.88. The lowest BCUT2D eigenvalue weighted by molar-refractivity contribution is 1.04. The molecule has 9 heavy (non-hydrogen) atoms. The molecule has 3 radical (unpaired) electrons. The molecule has 1 aromatic rings. The van der Waals surface area contributed by atoms with Crippen molar-refractivity contribution >= 4 is 0 Å². The van der Waals surface area contributed by atoms with E-state index in [0.717, 1.165) is 12.1 Å². The molecular weight excluding hydrogens is 112 g/mol. The summed E-state index contributed by atoms with van der Waals surface area (Å²) >= 11 is 0. The van der Waals surface area contributed by atoms with Crippen LogP contribution in [0.25, 0.3) is 0 Å². The first-order chi connectivity index (χ1) is 3.93. The Labute approximate surface area is 55.5 Å². The van der Waals surface area contributed by atoms with Crippen LogP contribution in [0, 0.1) is 0 Å². The van der Waals surface area contributed by atoms with Crippen molar-refractivity contribution in [3.8, 4) is 0 Å². The van der Waals surface area contributed by atoms with E-state index in [-0.39, 0.29) is 6.15 Å². The van der Waals surface area contributed by atoms with Crippen LogP contribution >= 0.6 is 0 Å². The van der Waals surface area contributed by atoms with Crippen molar-refractivity contribution in [1.29, 1.82) is 0 Å². The summed E-state index contributed by atoms with van der Waals surface area (Å²) in [5.41, 5.74) is 1.16. The number of hydrogen-bond donors (Lipinski definition) is 0. The summed E-state index contributed by atoms with van der Waals surface area (Å²) in [6.45, 7) is 2.10. The number of nitrogens with zero attached hydrogens (tertiary/aromatic N) is 2. The van der Waals surface area contributed by atoms with Crippen LogP contribution in [0.15, 0.2) is 24.4 Å². The van der Waals surface area contributed by atoms with Gasteiger partial charge in [-0.15, -0.1) is 0 Å². The molecule has 0 amide bonds. The maximum absolute atomic E-state index is 4.10. The fraction of sp³-hybridized carbons (Fsp3) is 0.286. The topological polar surface area (TPSA) is 43.4 Å². The van der Waals surface area contributed by atoms with E-state index in [1.54, 1.807) is 0 Å². The van der Waals surface area contributed by atoms with Gasteiger partial charge in [0.2, 0.25) is 0 Å². The molecular formula is C7H9N2. The van der Waals surface area contributed by atoms with Gasteiger partial charge in [-0.3, -0.25) is 4.98 Å². The van der Waals surface area contributed by atoms with Crippen LogP contribution in [0.2, 0.25) is 0 Å². The van der Waals surface area contributed by atoms with Crippen molar-refractivity contribution < 1.29 is 0 Å². The Bertz CT molecular complexity index is 148. The number of aryl methyl sites for hydroxylation is 1. The molecule has 2 nitrogen and oxygen atoms in total. The summed E-state index contributed by atoms with van der Waals surface area (Å²) in [6, 6.07) is 5.96. The van der Waals surface area contributed by atoms with E-state index in [2.05, 4.69) is 11.9 Å². The van der Waals surface area contributed by atoms with E-state index >= 15 is 0 Å². The van der Waals surface area contributed by atoms with E-state index in [1.807, 2.05) is 24.4 Å². The van der Waals surface area contributed by atoms with E-state index in [9.17, 15) is 0 Å². The van der Waals surface area contributed by atoms with Gasteiger partial charge in [0.25, 0.3) is 0 Å². The summed E-state index contributed by atoms with van der Waals surface area (Å²) in [5, 5.41) is 0. The molecule has 0 unspecified atom stereocenters. The molecule has 1 aromatic heterocycles. The Morgan fingerprint density at radius 3 is 2.56 bits per heavy atom. The quantitative estimate of drug-likeness (QED) is 0.549. The van der Waals surface area contributed by atoms with E-state index in [1.165, 1.54) is 0 Å². The predicted molar refractivity (Wildman–Crippen MR) is 35.7 cm³/mol.